The summed E-state index contributed by atoms with van der Waals surface area (Å²) in [7, 11) is 0. The van der Waals surface area contributed by atoms with Gasteiger partial charge in [-0.3, -0.25) is 0 Å². The lowest BCUT2D eigenvalue weighted by Gasteiger charge is -2.03. The predicted molar refractivity (Wildman–Crippen MR) is 39.8 cm³/mol. The lowest BCUT2D eigenvalue weighted by Crippen LogP contribution is -2.06. The van der Waals surface area contributed by atoms with Gasteiger partial charge in [0, 0.05) is 0 Å². The van der Waals surface area contributed by atoms with Crippen LogP contribution in [0.5, 0.6) is 0 Å². The first-order valence-corrected chi connectivity index (χ1v) is 3.46. The van der Waals surface area contributed by atoms with Crippen molar-refractivity contribution >= 4 is 23.2 Å². The normalized spacial score (nSPS) is 19.0. The van der Waals surface area contributed by atoms with E-state index in [4.69, 9.17) is 23.2 Å². The second kappa shape index (κ2) is 4.22. The van der Waals surface area contributed by atoms with Crippen molar-refractivity contribution < 1.29 is 0 Å². The van der Waals surface area contributed by atoms with Crippen LogP contribution >= 0.6 is 23.2 Å². The average Bonchev–Trinajstić information content (AvgIpc) is 1.67. The molecular formula is C6H10Cl2. The van der Waals surface area contributed by atoms with Crippen LogP contribution in [-0.2, 0) is 0 Å². The van der Waals surface area contributed by atoms with E-state index in [0.717, 1.165) is 0 Å². The Kier molecular flexibility index (Phi) is 4.39. The summed E-state index contributed by atoms with van der Waals surface area (Å²) in [5.74, 6) is 0. The van der Waals surface area contributed by atoms with Gasteiger partial charge in [0.05, 0.1) is 10.8 Å². The number of rotatable bonds is 2. The molecule has 2 atom stereocenters. The van der Waals surface area contributed by atoms with E-state index in [1.807, 2.05) is 26.0 Å². The van der Waals surface area contributed by atoms with E-state index >= 15 is 0 Å². The molecular weight excluding hydrogens is 143 g/mol. The van der Waals surface area contributed by atoms with Gasteiger partial charge >= 0.3 is 0 Å². The number of hydrogen-bond donors (Lipinski definition) is 0. The van der Waals surface area contributed by atoms with Crippen molar-refractivity contribution in [3.63, 3.8) is 0 Å². The molecule has 0 N–H and O–H groups in total. The molecule has 0 aliphatic rings. The Bertz CT molecular complexity index is 76.6. The predicted octanol–water partition coefficient (Wildman–Crippen LogP) is 2.80. The molecule has 0 radical (unpaired) electrons. The Morgan fingerprint density at radius 3 is 2.00 bits per heavy atom. The zero-order valence-electron chi connectivity index (χ0n) is 5.07. The molecule has 0 heterocycles. The highest BCUT2D eigenvalue weighted by molar-refractivity contribution is 6.30. The zero-order valence-corrected chi connectivity index (χ0v) is 6.58. The second-order valence-electron chi connectivity index (χ2n) is 1.65. The molecule has 0 fully saturated rings. The van der Waals surface area contributed by atoms with Crippen molar-refractivity contribution in [2.24, 2.45) is 0 Å². The molecule has 0 amide bonds. The van der Waals surface area contributed by atoms with Crippen molar-refractivity contribution in [3.05, 3.63) is 12.2 Å². The third-order valence-electron chi connectivity index (χ3n) is 0.815. The van der Waals surface area contributed by atoms with Gasteiger partial charge in [-0.15, -0.1) is 23.2 Å². The molecule has 0 unspecified atom stereocenters. The topological polar surface area (TPSA) is 0 Å². The molecule has 0 aromatic heterocycles. The minimum Gasteiger partial charge on any atom is -0.121 e. The third kappa shape index (κ3) is 3.34. The zero-order chi connectivity index (χ0) is 6.57. The second-order valence-corrected chi connectivity index (χ2v) is 2.84. The minimum absolute atomic E-state index is 0.0212. The lowest BCUT2D eigenvalue weighted by atomic mass is 10.3. The fourth-order valence-electron chi connectivity index (χ4n) is 0.337. The molecule has 0 rings (SSSR count). The molecule has 2 heteroatoms. The number of hydrogen-bond acceptors (Lipinski definition) is 0. The Balaban J connectivity index is 3.47. The summed E-state index contributed by atoms with van der Waals surface area (Å²) < 4.78 is 0. The quantitative estimate of drug-likeness (QED) is 0.422. The summed E-state index contributed by atoms with van der Waals surface area (Å²) in [6, 6.07) is 0. The molecule has 0 spiro atoms. The van der Waals surface area contributed by atoms with Gasteiger partial charge in [-0.05, 0) is 13.8 Å². The van der Waals surface area contributed by atoms with Gasteiger partial charge in [-0.25, -0.2) is 0 Å². The van der Waals surface area contributed by atoms with Crippen LogP contribution in [0.1, 0.15) is 13.8 Å². The van der Waals surface area contributed by atoms with Crippen LogP contribution in [0.3, 0.4) is 0 Å². The molecule has 0 aromatic carbocycles. The monoisotopic (exact) mass is 152 g/mol. The van der Waals surface area contributed by atoms with Gasteiger partial charge in [0.1, 0.15) is 0 Å². The summed E-state index contributed by atoms with van der Waals surface area (Å²) in [6.45, 7) is 3.80. The van der Waals surface area contributed by atoms with E-state index in [9.17, 15) is 0 Å². The van der Waals surface area contributed by atoms with Crippen LogP contribution < -0.4 is 0 Å². The van der Waals surface area contributed by atoms with Gasteiger partial charge < -0.3 is 0 Å². The molecule has 48 valence electrons. The van der Waals surface area contributed by atoms with E-state index in [1.165, 1.54) is 0 Å². The van der Waals surface area contributed by atoms with Crippen LogP contribution in [0, 0.1) is 0 Å². The Hall–Kier alpha value is 0.320. The summed E-state index contributed by atoms with van der Waals surface area (Å²) in [4.78, 5) is 0. The smallest absolute Gasteiger partial charge is 0.0676 e. The maximum Gasteiger partial charge on any atom is 0.0676 e. The summed E-state index contributed by atoms with van der Waals surface area (Å²) >= 11 is 11.3. The van der Waals surface area contributed by atoms with E-state index in [2.05, 4.69) is 0 Å². The number of halogens is 2. The Morgan fingerprint density at radius 1 is 1.38 bits per heavy atom. The fourth-order valence-corrected chi connectivity index (χ4v) is 0.566. The highest BCUT2D eigenvalue weighted by Gasteiger charge is 2.04. The fraction of sp³-hybridized carbons (Fsp3) is 0.667. The minimum atomic E-state index is -0.0262. The van der Waals surface area contributed by atoms with Crippen molar-refractivity contribution in [2.45, 2.75) is 24.6 Å². The molecule has 0 saturated carbocycles. The first-order chi connectivity index (χ1) is 3.68. The van der Waals surface area contributed by atoms with Gasteiger partial charge in [0.15, 0.2) is 0 Å². The summed E-state index contributed by atoms with van der Waals surface area (Å²) in [5.41, 5.74) is 0. The molecule has 0 aliphatic carbocycles. The first-order valence-electron chi connectivity index (χ1n) is 2.59. The maximum atomic E-state index is 5.70. The van der Waals surface area contributed by atoms with Gasteiger partial charge in [0.25, 0.3) is 0 Å². The molecule has 8 heavy (non-hydrogen) atoms. The standard InChI is InChI=1S/C6H10Cl2/c1-3-4-6(8)5(2)7/h3-6H,1-2H3/b4-3+/t5-,6-/m1/s1. The highest BCUT2D eigenvalue weighted by Crippen LogP contribution is 2.09. The van der Waals surface area contributed by atoms with E-state index in [1.54, 1.807) is 0 Å². The largest absolute Gasteiger partial charge is 0.121 e. The Morgan fingerprint density at radius 2 is 1.88 bits per heavy atom. The maximum absolute atomic E-state index is 5.70. The molecule has 0 aromatic rings. The van der Waals surface area contributed by atoms with Crippen molar-refractivity contribution in [1.82, 2.24) is 0 Å². The van der Waals surface area contributed by atoms with Crippen LogP contribution in [0.2, 0.25) is 0 Å². The lowest BCUT2D eigenvalue weighted by molar-refractivity contribution is 0.974. The molecule has 0 saturated heterocycles. The summed E-state index contributed by atoms with van der Waals surface area (Å²) in [6.07, 6.45) is 3.77. The number of alkyl halides is 2. The van der Waals surface area contributed by atoms with Crippen molar-refractivity contribution in [2.75, 3.05) is 0 Å². The molecule has 0 nitrogen and oxygen atoms in total. The third-order valence-corrected chi connectivity index (χ3v) is 1.74. The van der Waals surface area contributed by atoms with Crippen molar-refractivity contribution in [3.8, 4) is 0 Å². The molecule has 0 aliphatic heterocycles. The Labute approximate surface area is 60.5 Å². The van der Waals surface area contributed by atoms with Gasteiger partial charge in [0.2, 0.25) is 0 Å². The SMILES string of the molecule is C/C=C/[C@@H](Cl)[C@@H](C)Cl. The average molecular weight is 153 g/mol. The van der Waals surface area contributed by atoms with E-state index in [-0.39, 0.29) is 10.8 Å². The van der Waals surface area contributed by atoms with E-state index in [0.29, 0.717) is 0 Å². The van der Waals surface area contributed by atoms with Gasteiger partial charge in [-0.2, -0.15) is 0 Å². The highest BCUT2D eigenvalue weighted by atomic mass is 35.5. The van der Waals surface area contributed by atoms with E-state index < -0.39 is 0 Å². The van der Waals surface area contributed by atoms with Crippen LogP contribution in [0.4, 0.5) is 0 Å². The summed E-state index contributed by atoms with van der Waals surface area (Å²) in [5, 5.41) is -0.00506. The van der Waals surface area contributed by atoms with Crippen LogP contribution in [0.15, 0.2) is 12.2 Å². The van der Waals surface area contributed by atoms with Gasteiger partial charge in [-0.1, -0.05) is 12.2 Å². The molecule has 0 bridgehead atoms. The first kappa shape index (κ1) is 8.32. The van der Waals surface area contributed by atoms with Crippen molar-refractivity contribution in [1.29, 1.82) is 0 Å². The number of allylic oxidation sites excluding steroid dienone is 2. The van der Waals surface area contributed by atoms with Crippen LogP contribution in [0.25, 0.3) is 0 Å². The van der Waals surface area contributed by atoms with Crippen LogP contribution in [-0.4, -0.2) is 10.8 Å².